The molecule has 2 aromatic rings. The summed E-state index contributed by atoms with van der Waals surface area (Å²) in [5.74, 6) is -0.501. The van der Waals surface area contributed by atoms with Crippen LogP contribution in [0.4, 0.5) is 10.1 Å². The fourth-order valence-electron chi connectivity index (χ4n) is 2.92. The van der Waals surface area contributed by atoms with Crippen molar-refractivity contribution in [1.82, 2.24) is 5.32 Å². The molecular weight excluding hydrogens is 383 g/mol. The van der Waals surface area contributed by atoms with E-state index in [0.717, 1.165) is 16.1 Å². The number of halogens is 1. The number of ether oxygens (including phenoxy) is 1. The van der Waals surface area contributed by atoms with Crippen LogP contribution in [-0.2, 0) is 14.8 Å². The Morgan fingerprint density at radius 2 is 1.75 bits per heavy atom. The van der Waals surface area contributed by atoms with Gasteiger partial charge in [0.15, 0.2) is 0 Å². The number of anilines is 1. The average Bonchev–Trinajstić information content (AvgIpc) is 2.61. The zero-order valence-corrected chi connectivity index (χ0v) is 17.4. The van der Waals surface area contributed by atoms with Gasteiger partial charge in [-0.25, -0.2) is 12.8 Å². The van der Waals surface area contributed by atoms with Crippen molar-refractivity contribution in [1.29, 1.82) is 0 Å². The third-order valence-corrected chi connectivity index (χ3v) is 5.62. The van der Waals surface area contributed by atoms with Gasteiger partial charge < -0.3 is 10.1 Å². The molecule has 0 saturated heterocycles. The van der Waals surface area contributed by atoms with E-state index >= 15 is 0 Å². The van der Waals surface area contributed by atoms with Crippen molar-refractivity contribution in [3.05, 3.63) is 59.4 Å². The third kappa shape index (κ3) is 5.01. The highest BCUT2D eigenvalue weighted by Crippen LogP contribution is 2.32. The normalized spacial score (nSPS) is 13.5. The molecule has 0 aliphatic rings. The number of aryl methyl sites for hydroxylation is 1. The van der Waals surface area contributed by atoms with Crippen LogP contribution in [0.2, 0.25) is 0 Å². The van der Waals surface area contributed by atoms with Crippen molar-refractivity contribution >= 4 is 21.6 Å². The summed E-state index contributed by atoms with van der Waals surface area (Å²) in [7, 11) is -2.33. The quantitative estimate of drug-likeness (QED) is 0.764. The molecule has 2 aromatic carbocycles. The maximum atomic E-state index is 13.1. The summed E-state index contributed by atoms with van der Waals surface area (Å²) in [6.07, 6.45) is 1.04. The lowest BCUT2D eigenvalue weighted by Crippen LogP contribution is -2.48. The molecule has 2 atom stereocenters. The Hall–Kier alpha value is -2.61. The minimum atomic E-state index is -3.77. The number of nitrogens with zero attached hydrogens (tertiary/aromatic N) is 1. The predicted molar refractivity (Wildman–Crippen MR) is 107 cm³/mol. The van der Waals surface area contributed by atoms with E-state index in [0.29, 0.717) is 17.0 Å². The van der Waals surface area contributed by atoms with Crippen LogP contribution in [0.5, 0.6) is 5.75 Å². The molecule has 0 aliphatic carbocycles. The minimum absolute atomic E-state index is 0.294. The zero-order valence-electron chi connectivity index (χ0n) is 16.6. The molecule has 152 valence electrons. The number of rotatable bonds is 7. The maximum Gasteiger partial charge on any atom is 0.244 e. The largest absolute Gasteiger partial charge is 0.495 e. The van der Waals surface area contributed by atoms with Crippen LogP contribution in [0.25, 0.3) is 0 Å². The Labute approximate surface area is 165 Å². The lowest BCUT2D eigenvalue weighted by Gasteiger charge is -2.30. The highest BCUT2D eigenvalue weighted by atomic mass is 32.2. The summed E-state index contributed by atoms with van der Waals surface area (Å²) in [5.41, 5.74) is 1.83. The molecule has 0 fully saturated rings. The summed E-state index contributed by atoms with van der Waals surface area (Å²) in [6, 6.07) is 9.44. The number of sulfonamides is 1. The van der Waals surface area contributed by atoms with Gasteiger partial charge in [0.05, 0.1) is 25.1 Å². The van der Waals surface area contributed by atoms with E-state index in [1.807, 2.05) is 6.92 Å². The molecule has 0 aromatic heterocycles. The topological polar surface area (TPSA) is 75.7 Å². The number of methoxy groups -OCH3 is 1. The van der Waals surface area contributed by atoms with Gasteiger partial charge in [-0.1, -0.05) is 18.2 Å². The van der Waals surface area contributed by atoms with Gasteiger partial charge in [0.25, 0.3) is 0 Å². The Morgan fingerprint density at radius 1 is 1.14 bits per heavy atom. The predicted octanol–water partition coefficient (Wildman–Crippen LogP) is 3.17. The summed E-state index contributed by atoms with van der Waals surface area (Å²) in [5, 5.41) is 2.78. The minimum Gasteiger partial charge on any atom is -0.495 e. The number of carbonyl (C=O) groups is 1. The maximum absolute atomic E-state index is 13.1. The van der Waals surface area contributed by atoms with Gasteiger partial charge in [-0.15, -0.1) is 0 Å². The fraction of sp³-hybridized carbons (Fsp3) is 0.350. The average molecular weight is 408 g/mol. The Morgan fingerprint density at radius 3 is 2.29 bits per heavy atom. The molecule has 2 rings (SSSR count). The van der Waals surface area contributed by atoms with Crippen LogP contribution in [0.1, 0.15) is 31.0 Å². The molecule has 8 heteroatoms. The molecule has 6 nitrogen and oxygen atoms in total. The fourth-order valence-corrected chi connectivity index (χ4v) is 4.09. The first kappa shape index (κ1) is 21.7. The van der Waals surface area contributed by atoms with Gasteiger partial charge in [-0.3, -0.25) is 9.10 Å². The lowest BCUT2D eigenvalue weighted by atomic mass is 10.1. The molecule has 0 aliphatic heterocycles. The summed E-state index contributed by atoms with van der Waals surface area (Å²) < 4.78 is 44.4. The van der Waals surface area contributed by atoms with Gasteiger partial charge in [0, 0.05) is 0 Å². The molecule has 1 amide bonds. The van der Waals surface area contributed by atoms with E-state index in [1.165, 1.54) is 26.2 Å². The molecule has 0 unspecified atom stereocenters. The van der Waals surface area contributed by atoms with E-state index < -0.39 is 28.0 Å². The number of carbonyl (C=O) groups excluding carboxylic acids is 1. The third-order valence-electron chi connectivity index (χ3n) is 4.39. The molecule has 0 spiro atoms. The summed E-state index contributed by atoms with van der Waals surface area (Å²) in [6.45, 7) is 5.08. The van der Waals surface area contributed by atoms with Crippen molar-refractivity contribution in [2.45, 2.75) is 32.9 Å². The second-order valence-corrected chi connectivity index (χ2v) is 8.55. The SMILES string of the molecule is COc1ccc(C)cc1N([C@@H](C)C(=O)N[C@H](C)c1ccc(F)cc1)S(C)(=O)=O. The Balaban J connectivity index is 2.33. The van der Waals surface area contributed by atoms with Crippen molar-refractivity contribution < 1.29 is 22.3 Å². The summed E-state index contributed by atoms with van der Waals surface area (Å²) >= 11 is 0. The lowest BCUT2D eigenvalue weighted by molar-refractivity contribution is -0.122. The van der Waals surface area contributed by atoms with Crippen molar-refractivity contribution in [2.75, 3.05) is 17.7 Å². The highest BCUT2D eigenvalue weighted by Gasteiger charge is 2.32. The van der Waals surface area contributed by atoms with Gasteiger partial charge in [0.2, 0.25) is 15.9 Å². The zero-order chi connectivity index (χ0) is 21.1. The highest BCUT2D eigenvalue weighted by molar-refractivity contribution is 7.92. The standard InChI is InChI=1S/C20H25FN2O4S/c1-13-6-11-19(27-4)18(12-13)23(28(5,25)26)15(3)20(24)22-14(2)16-7-9-17(21)10-8-16/h6-12,14-15H,1-5H3,(H,22,24)/t14-,15+/m1/s1. The Kier molecular flexibility index (Phi) is 6.66. The molecule has 1 N–H and O–H groups in total. The van der Waals surface area contributed by atoms with Crippen molar-refractivity contribution in [2.24, 2.45) is 0 Å². The molecule has 28 heavy (non-hydrogen) atoms. The van der Waals surface area contributed by atoms with Crippen molar-refractivity contribution in [3.63, 3.8) is 0 Å². The van der Waals surface area contributed by atoms with Gasteiger partial charge >= 0.3 is 0 Å². The molecule has 0 saturated carbocycles. The number of benzene rings is 2. The second kappa shape index (κ2) is 8.60. The number of hydrogen-bond acceptors (Lipinski definition) is 4. The van der Waals surface area contributed by atoms with E-state index in [9.17, 15) is 17.6 Å². The smallest absolute Gasteiger partial charge is 0.244 e. The van der Waals surface area contributed by atoms with Crippen LogP contribution in [0.3, 0.4) is 0 Å². The Bertz CT molecular complexity index is 945. The van der Waals surface area contributed by atoms with Gasteiger partial charge in [0.1, 0.15) is 17.6 Å². The number of nitrogens with one attached hydrogen (secondary N) is 1. The molecular formula is C20H25FN2O4S. The van der Waals surface area contributed by atoms with E-state index in [-0.39, 0.29) is 5.82 Å². The first-order valence-electron chi connectivity index (χ1n) is 8.74. The number of amides is 1. The summed E-state index contributed by atoms with van der Waals surface area (Å²) in [4.78, 5) is 12.8. The molecule has 0 bridgehead atoms. The second-order valence-electron chi connectivity index (χ2n) is 6.69. The van der Waals surface area contributed by atoms with E-state index in [2.05, 4.69) is 5.32 Å². The molecule has 0 heterocycles. The van der Waals surface area contributed by atoms with Gasteiger partial charge in [-0.2, -0.15) is 0 Å². The molecule has 0 radical (unpaired) electrons. The van der Waals surface area contributed by atoms with Crippen molar-refractivity contribution in [3.8, 4) is 5.75 Å². The van der Waals surface area contributed by atoms with Crippen LogP contribution < -0.4 is 14.4 Å². The van der Waals surface area contributed by atoms with Crippen LogP contribution in [0.15, 0.2) is 42.5 Å². The van der Waals surface area contributed by atoms with E-state index in [1.54, 1.807) is 37.3 Å². The first-order valence-corrected chi connectivity index (χ1v) is 10.6. The monoisotopic (exact) mass is 408 g/mol. The van der Waals surface area contributed by atoms with Crippen LogP contribution >= 0.6 is 0 Å². The van der Waals surface area contributed by atoms with Gasteiger partial charge in [-0.05, 0) is 56.2 Å². The number of hydrogen-bond donors (Lipinski definition) is 1. The van der Waals surface area contributed by atoms with E-state index in [4.69, 9.17) is 4.74 Å². The van der Waals surface area contributed by atoms with Crippen LogP contribution in [-0.4, -0.2) is 33.7 Å². The first-order chi connectivity index (χ1) is 13.0. The van der Waals surface area contributed by atoms with Crippen LogP contribution in [0, 0.1) is 12.7 Å².